The van der Waals surface area contributed by atoms with Crippen molar-refractivity contribution in [2.24, 2.45) is 17.8 Å². The van der Waals surface area contributed by atoms with Crippen molar-refractivity contribution in [1.29, 1.82) is 0 Å². The van der Waals surface area contributed by atoms with Gasteiger partial charge in [-0.25, -0.2) is 9.48 Å². The monoisotopic (exact) mass is 403 g/mol. The lowest BCUT2D eigenvalue weighted by atomic mass is 9.82. The highest BCUT2D eigenvalue weighted by Gasteiger charge is 2.34. The summed E-state index contributed by atoms with van der Waals surface area (Å²) in [5, 5.41) is 4.60. The smallest absolute Gasteiger partial charge is 0.343 e. The van der Waals surface area contributed by atoms with Crippen LogP contribution in [0.3, 0.4) is 0 Å². The van der Waals surface area contributed by atoms with Crippen LogP contribution in [0.4, 0.5) is 5.82 Å². The number of amides is 1. The van der Waals surface area contributed by atoms with Crippen molar-refractivity contribution in [3.8, 4) is 0 Å². The van der Waals surface area contributed by atoms with E-state index >= 15 is 0 Å². The summed E-state index contributed by atoms with van der Waals surface area (Å²) in [5.41, 5.74) is 0.340. The molecule has 1 saturated carbocycles. The van der Waals surface area contributed by atoms with Crippen molar-refractivity contribution in [1.82, 2.24) is 9.78 Å². The Bertz CT molecular complexity index is 713. The highest BCUT2D eigenvalue weighted by molar-refractivity contribution is 6.02. The van der Waals surface area contributed by atoms with Crippen molar-refractivity contribution in [3.63, 3.8) is 0 Å². The first kappa shape index (κ1) is 23.2. The Labute approximate surface area is 175 Å². The Hall–Kier alpha value is -2.11. The average molecular weight is 404 g/mol. The second-order valence-electron chi connectivity index (χ2n) is 8.84. The molecule has 1 aromatic heterocycles. The molecule has 0 unspecified atom stereocenters. The molecule has 6 heteroatoms. The third-order valence-electron chi connectivity index (χ3n) is 5.42. The molecular formula is C23H37N3O3. The summed E-state index contributed by atoms with van der Waals surface area (Å²) in [7, 11) is 0. The van der Waals surface area contributed by atoms with Gasteiger partial charge in [0, 0.05) is 24.4 Å². The first-order chi connectivity index (χ1) is 13.7. The van der Waals surface area contributed by atoms with Gasteiger partial charge < -0.3 is 4.74 Å². The molecule has 1 aliphatic carbocycles. The quantitative estimate of drug-likeness (QED) is 0.564. The number of hydrogen-bond donors (Lipinski definition) is 0. The van der Waals surface area contributed by atoms with Gasteiger partial charge in [-0.05, 0) is 64.7 Å². The summed E-state index contributed by atoms with van der Waals surface area (Å²) >= 11 is 0. The predicted octanol–water partition coefficient (Wildman–Crippen LogP) is 5.14. The molecule has 1 aromatic rings. The van der Waals surface area contributed by atoms with Gasteiger partial charge in [0.15, 0.2) is 5.82 Å². The number of aromatic nitrogens is 2. The normalized spacial score (nSPS) is 19.9. The fourth-order valence-electron chi connectivity index (χ4n) is 3.74. The topological polar surface area (TPSA) is 64.4 Å². The number of hydrogen-bond acceptors (Lipinski definition) is 4. The molecule has 162 valence electrons. The Balaban J connectivity index is 2.37. The summed E-state index contributed by atoms with van der Waals surface area (Å²) < 4.78 is 6.86. The largest absolute Gasteiger partial charge is 0.462 e. The van der Waals surface area contributed by atoms with Crippen LogP contribution in [-0.4, -0.2) is 34.3 Å². The molecule has 0 radical (unpaired) electrons. The molecule has 0 N–H and O–H groups in total. The fraction of sp³-hybridized carbons (Fsp3) is 0.696. The number of ether oxygens (including phenoxy) is 1. The van der Waals surface area contributed by atoms with E-state index in [1.165, 1.54) is 0 Å². The summed E-state index contributed by atoms with van der Waals surface area (Å²) in [6.07, 6.45) is 10.4. The molecule has 1 fully saturated rings. The summed E-state index contributed by atoms with van der Waals surface area (Å²) in [5.74, 6) is 1.22. The van der Waals surface area contributed by atoms with Crippen LogP contribution >= 0.6 is 0 Å². The van der Waals surface area contributed by atoms with Crippen molar-refractivity contribution in [2.45, 2.75) is 79.7 Å². The van der Waals surface area contributed by atoms with Crippen LogP contribution in [0.25, 0.3) is 6.20 Å². The Morgan fingerprint density at radius 1 is 1.24 bits per heavy atom. The molecule has 2 rings (SSSR count). The lowest BCUT2D eigenvalue weighted by molar-refractivity contribution is -0.123. The molecule has 0 bridgehead atoms. The van der Waals surface area contributed by atoms with Crippen molar-refractivity contribution < 1.29 is 14.3 Å². The number of carbonyl (C=O) groups excluding carboxylic acids is 2. The van der Waals surface area contributed by atoms with Gasteiger partial charge in [-0.15, -0.1) is 5.10 Å². The van der Waals surface area contributed by atoms with Crippen LogP contribution in [-0.2, 0) is 9.53 Å². The van der Waals surface area contributed by atoms with Crippen molar-refractivity contribution >= 4 is 23.9 Å². The minimum Gasteiger partial charge on any atom is -0.462 e. The van der Waals surface area contributed by atoms with Gasteiger partial charge in [0.1, 0.15) is 5.56 Å². The first-order valence-corrected chi connectivity index (χ1v) is 11.0. The lowest BCUT2D eigenvalue weighted by Gasteiger charge is -2.32. The van der Waals surface area contributed by atoms with Crippen LogP contribution in [0.15, 0.2) is 12.3 Å². The molecule has 1 heterocycles. The Kier molecular flexibility index (Phi) is 8.47. The van der Waals surface area contributed by atoms with E-state index in [0.29, 0.717) is 23.2 Å². The predicted molar refractivity (Wildman–Crippen MR) is 117 cm³/mol. The zero-order valence-corrected chi connectivity index (χ0v) is 18.9. The van der Waals surface area contributed by atoms with Gasteiger partial charge in [0.05, 0.1) is 6.61 Å². The van der Waals surface area contributed by atoms with Crippen LogP contribution in [0.1, 0.15) is 84.0 Å². The number of esters is 1. The van der Waals surface area contributed by atoms with Gasteiger partial charge in [0.2, 0.25) is 5.91 Å². The number of allylic oxidation sites excluding steroid dienone is 1. The molecule has 1 amide bonds. The molecule has 0 atom stereocenters. The molecule has 0 saturated heterocycles. The lowest BCUT2D eigenvalue weighted by Crippen LogP contribution is -2.43. The number of anilines is 1. The second-order valence-corrected chi connectivity index (χ2v) is 8.84. The molecule has 0 aliphatic heterocycles. The van der Waals surface area contributed by atoms with Gasteiger partial charge in [-0.3, -0.25) is 9.69 Å². The van der Waals surface area contributed by atoms with E-state index in [-0.39, 0.29) is 24.5 Å². The van der Waals surface area contributed by atoms with E-state index in [0.717, 1.165) is 32.1 Å². The molecule has 29 heavy (non-hydrogen) atoms. The second kappa shape index (κ2) is 10.6. The Morgan fingerprint density at radius 2 is 1.90 bits per heavy atom. The highest BCUT2D eigenvalue weighted by Crippen LogP contribution is 2.32. The summed E-state index contributed by atoms with van der Waals surface area (Å²) in [4.78, 5) is 27.7. The van der Waals surface area contributed by atoms with Crippen LogP contribution in [0.2, 0.25) is 0 Å². The van der Waals surface area contributed by atoms with Crippen LogP contribution in [0.5, 0.6) is 0 Å². The van der Waals surface area contributed by atoms with E-state index in [1.54, 1.807) is 22.7 Å². The van der Waals surface area contributed by atoms with E-state index < -0.39 is 5.97 Å². The van der Waals surface area contributed by atoms with Gasteiger partial charge in [-0.1, -0.05) is 26.8 Å². The van der Waals surface area contributed by atoms with E-state index in [9.17, 15) is 9.59 Å². The zero-order chi connectivity index (χ0) is 21.6. The number of rotatable bonds is 8. The van der Waals surface area contributed by atoms with Crippen LogP contribution in [0, 0.1) is 17.8 Å². The van der Waals surface area contributed by atoms with E-state index in [4.69, 9.17) is 4.74 Å². The average Bonchev–Trinajstić information content (AvgIpc) is 3.05. The third-order valence-corrected chi connectivity index (χ3v) is 5.42. The summed E-state index contributed by atoms with van der Waals surface area (Å²) in [6, 6.07) is -0.0991. The minimum atomic E-state index is -0.443. The van der Waals surface area contributed by atoms with Crippen molar-refractivity contribution in [2.75, 3.05) is 11.5 Å². The third kappa shape index (κ3) is 6.18. The SMILES string of the molecule is CCOC(=O)c1cn(C=CCC(C)C)nc1N(C(=O)C1CCC(C)CC1)C(C)C. The highest BCUT2D eigenvalue weighted by atomic mass is 16.5. The zero-order valence-electron chi connectivity index (χ0n) is 18.9. The molecule has 6 nitrogen and oxygen atoms in total. The van der Waals surface area contributed by atoms with E-state index in [1.807, 2.05) is 26.1 Å². The van der Waals surface area contributed by atoms with Gasteiger partial charge in [-0.2, -0.15) is 0 Å². The fourth-order valence-corrected chi connectivity index (χ4v) is 3.74. The van der Waals surface area contributed by atoms with Crippen molar-refractivity contribution in [3.05, 3.63) is 17.8 Å². The van der Waals surface area contributed by atoms with E-state index in [2.05, 4.69) is 25.9 Å². The molecule has 1 aliphatic rings. The molecular weight excluding hydrogens is 366 g/mol. The Morgan fingerprint density at radius 3 is 2.45 bits per heavy atom. The molecule has 0 spiro atoms. The van der Waals surface area contributed by atoms with Gasteiger partial charge >= 0.3 is 5.97 Å². The number of nitrogens with zero attached hydrogens (tertiary/aromatic N) is 3. The van der Waals surface area contributed by atoms with Crippen LogP contribution < -0.4 is 4.90 Å². The first-order valence-electron chi connectivity index (χ1n) is 11.0. The maximum absolute atomic E-state index is 13.4. The standard InChI is InChI=1S/C23H37N3O3/c1-7-29-23(28)20-15-25(14-8-9-16(2)3)24-21(20)26(17(4)5)22(27)19-12-10-18(6)11-13-19/h8,14-19H,7,9-13H2,1-6H3. The maximum atomic E-state index is 13.4. The number of carbonyl (C=O) groups is 2. The molecule has 0 aromatic carbocycles. The summed E-state index contributed by atoms with van der Waals surface area (Å²) in [6.45, 7) is 12.5. The maximum Gasteiger partial charge on any atom is 0.343 e. The minimum absolute atomic E-state index is 0.00900. The van der Waals surface area contributed by atoms with Gasteiger partial charge in [0.25, 0.3) is 0 Å².